The lowest BCUT2D eigenvalue weighted by atomic mass is 9.79. The summed E-state index contributed by atoms with van der Waals surface area (Å²) in [7, 11) is 0. The van der Waals surface area contributed by atoms with E-state index in [1.165, 1.54) is 5.57 Å². The summed E-state index contributed by atoms with van der Waals surface area (Å²) in [6.07, 6.45) is 2.44. The molecule has 3 unspecified atom stereocenters. The molecule has 0 aromatic rings. The molecule has 1 aliphatic rings. The van der Waals surface area contributed by atoms with Crippen molar-refractivity contribution in [3.63, 3.8) is 0 Å². The van der Waals surface area contributed by atoms with E-state index in [1.807, 2.05) is 6.92 Å². The van der Waals surface area contributed by atoms with E-state index in [0.29, 0.717) is 5.92 Å². The van der Waals surface area contributed by atoms with Crippen LogP contribution in [0.3, 0.4) is 0 Å². The Hall–Kier alpha value is -0.340. The molecule has 1 rings (SSSR count). The molecule has 0 saturated carbocycles. The van der Waals surface area contributed by atoms with Crippen LogP contribution in [0.15, 0.2) is 11.1 Å². The second-order valence-corrected chi connectivity index (χ2v) is 3.99. The smallest absolute Gasteiger partial charge is 0.0725 e. The van der Waals surface area contributed by atoms with Gasteiger partial charge in [0.15, 0.2) is 0 Å². The fraction of sp³-hybridized carbons (Fsp3) is 0.727. The third kappa shape index (κ3) is 2.32. The van der Waals surface area contributed by atoms with Crippen LogP contribution in [0, 0.1) is 12.8 Å². The number of hydrogen-bond acceptors (Lipinski definition) is 2. The summed E-state index contributed by atoms with van der Waals surface area (Å²) < 4.78 is 0. The van der Waals surface area contributed by atoms with Crippen LogP contribution in [-0.4, -0.2) is 17.3 Å². The van der Waals surface area contributed by atoms with Gasteiger partial charge in [0.05, 0.1) is 6.10 Å². The van der Waals surface area contributed by atoms with Crippen molar-refractivity contribution in [2.45, 2.75) is 45.3 Å². The monoisotopic (exact) mass is 182 g/mol. The number of aliphatic hydroxyl groups is 1. The van der Waals surface area contributed by atoms with Crippen molar-refractivity contribution in [2.24, 2.45) is 11.7 Å². The lowest BCUT2D eigenvalue weighted by Crippen LogP contribution is -2.34. The van der Waals surface area contributed by atoms with Gasteiger partial charge in [0, 0.05) is 0 Å². The summed E-state index contributed by atoms with van der Waals surface area (Å²) in [5.41, 5.74) is 8.42. The van der Waals surface area contributed by atoms with Crippen LogP contribution >= 0.6 is 0 Å². The van der Waals surface area contributed by atoms with Crippen molar-refractivity contribution < 1.29 is 5.11 Å². The molecule has 13 heavy (non-hydrogen) atoms. The number of nitrogens with two attached hydrogens (primary N) is 1. The lowest BCUT2D eigenvalue weighted by Gasteiger charge is -2.35. The van der Waals surface area contributed by atoms with Crippen molar-refractivity contribution in [1.29, 1.82) is 0 Å². The first-order valence-corrected chi connectivity index (χ1v) is 5.03. The number of rotatable bonds is 2. The average molecular weight is 182 g/mol. The normalized spacial score (nSPS) is 32.1. The molecule has 0 saturated heterocycles. The Kier molecular flexibility index (Phi) is 3.51. The third-order valence-electron chi connectivity index (χ3n) is 2.95. The van der Waals surface area contributed by atoms with Gasteiger partial charge >= 0.3 is 0 Å². The van der Waals surface area contributed by atoms with Crippen LogP contribution in [-0.2, 0) is 0 Å². The van der Waals surface area contributed by atoms with E-state index in [-0.39, 0.29) is 12.1 Å². The topological polar surface area (TPSA) is 46.2 Å². The summed E-state index contributed by atoms with van der Waals surface area (Å²) in [6, 6.07) is 0.125. The van der Waals surface area contributed by atoms with E-state index < -0.39 is 0 Å². The Balaban J connectivity index is 2.85. The van der Waals surface area contributed by atoms with Crippen molar-refractivity contribution in [1.82, 2.24) is 0 Å². The maximum Gasteiger partial charge on any atom is 0.0725 e. The van der Waals surface area contributed by atoms with Gasteiger partial charge in [0.25, 0.3) is 0 Å². The van der Waals surface area contributed by atoms with Gasteiger partial charge in [-0.2, -0.15) is 5.92 Å². The molecule has 0 aromatic carbocycles. The molecule has 2 nitrogen and oxygen atoms in total. The van der Waals surface area contributed by atoms with E-state index in [0.717, 1.165) is 24.8 Å². The van der Waals surface area contributed by atoms with E-state index in [4.69, 9.17) is 5.73 Å². The van der Waals surface area contributed by atoms with Gasteiger partial charge in [-0.05, 0) is 31.4 Å². The zero-order valence-corrected chi connectivity index (χ0v) is 8.59. The maximum atomic E-state index is 9.55. The zero-order chi connectivity index (χ0) is 10.0. The number of hydrogen-bond donors (Lipinski definition) is 2. The predicted octanol–water partition coefficient (Wildman–Crippen LogP) is 1.65. The molecule has 0 heterocycles. The fourth-order valence-corrected chi connectivity index (χ4v) is 2.00. The van der Waals surface area contributed by atoms with Gasteiger partial charge < -0.3 is 17.8 Å². The van der Waals surface area contributed by atoms with Gasteiger partial charge in [0.1, 0.15) is 0 Å². The molecule has 0 radical (unpaired) electrons. The fourth-order valence-electron chi connectivity index (χ4n) is 2.00. The van der Waals surface area contributed by atoms with Gasteiger partial charge in [-0.15, -0.1) is 0 Å². The summed E-state index contributed by atoms with van der Waals surface area (Å²) in [5.74, 6) is 0.317. The summed E-state index contributed by atoms with van der Waals surface area (Å²) >= 11 is 0. The van der Waals surface area contributed by atoms with Crippen molar-refractivity contribution in [3.8, 4) is 0 Å². The van der Waals surface area contributed by atoms with Crippen LogP contribution in [0.2, 0.25) is 0 Å². The Morgan fingerprint density at radius 2 is 2.23 bits per heavy atom. The Bertz CT molecular complexity index is 208. The molecule has 3 atom stereocenters. The first kappa shape index (κ1) is 10.7. The molecule has 0 fully saturated rings. The Labute approximate surface area is 80.8 Å². The minimum atomic E-state index is -0.339. The molecule has 0 spiro atoms. The first-order valence-electron chi connectivity index (χ1n) is 5.03. The largest absolute Gasteiger partial charge is 0.389 e. The highest BCUT2D eigenvalue weighted by Crippen LogP contribution is 2.31. The predicted molar refractivity (Wildman–Crippen MR) is 55.1 cm³/mol. The summed E-state index contributed by atoms with van der Waals surface area (Å²) in [4.78, 5) is 0. The van der Waals surface area contributed by atoms with Gasteiger partial charge in [-0.25, -0.2) is 0 Å². The second kappa shape index (κ2) is 4.25. The zero-order valence-electron chi connectivity index (χ0n) is 8.59. The molecule has 3 N–H and O–H groups in total. The standard InChI is InChI=1S/C11H20NO/c1-4-9-5-7(2)11(12)6-10(9)8(3)13/h7-8,11,13H,2,4-6,12H2,1,3H3/q-1. The van der Waals surface area contributed by atoms with Gasteiger partial charge in [-0.3, -0.25) is 0 Å². The van der Waals surface area contributed by atoms with Crippen molar-refractivity contribution >= 4 is 0 Å². The summed E-state index contributed by atoms with van der Waals surface area (Å²) in [6.45, 7) is 7.98. The lowest BCUT2D eigenvalue weighted by molar-refractivity contribution is 0.216. The molecule has 2 heteroatoms. The SMILES string of the molecule is [CH2-]C1CC(CC)=C(C(C)O)CC1N. The molecule has 0 aromatic heterocycles. The van der Waals surface area contributed by atoms with E-state index >= 15 is 0 Å². The maximum absolute atomic E-state index is 9.55. The van der Waals surface area contributed by atoms with Crippen LogP contribution in [0.25, 0.3) is 0 Å². The Morgan fingerprint density at radius 1 is 1.62 bits per heavy atom. The molecular weight excluding hydrogens is 162 g/mol. The number of aliphatic hydroxyl groups excluding tert-OH is 1. The molecule has 0 aliphatic heterocycles. The molecule has 76 valence electrons. The van der Waals surface area contributed by atoms with E-state index in [9.17, 15) is 5.11 Å². The van der Waals surface area contributed by atoms with Crippen LogP contribution in [0.1, 0.15) is 33.1 Å². The average Bonchev–Trinajstić information content (AvgIpc) is 2.08. The molecule has 1 aliphatic carbocycles. The Morgan fingerprint density at radius 3 is 2.69 bits per heavy atom. The first-order chi connectivity index (χ1) is 6.06. The summed E-state index contributed by atoms with van der Waals surface area (Å²) in [5, 5.41) is 9.55. The highest BCUT2D eigenvalue weighted by atomic mass is 16.3. The van der Waals surface area contributed by atoms with Crippen LogP contribution in [0.5, 0.6) is 0 Å². The van der Waals surface area contributed by atoms with Crippen molar-refractivity contribution in [3.05, 3.63) is 18.1 Å². The van der Waals surface area contributed by atoms with Crippen LogP contribution in [0.4, 0.5) is 0 Å². The van der Waals surface area contributed by atoms with E-state index in [1.54, 1.807) is 0 Å². The minimum absolute atomic E-state index is 0.125. The number of allylic oxidation sites excluding steroid dienone is 1. The van der Waals surface area contributed by atoms with E-state index in [2.05, 4.69) is 13.8 Å². The third-order valence-corrected chi connectivity index (χ3v) is 2.95. The molecule has 0 amide bonds. The highest BCUT2D eigenvalue weighted by Gasteiger charge is 2.22. The highest BCUT2D eigenvalue weighted by molar-refractivity contribution is 5.23. The molecule has 0 bridgehead atoms. The van der Waals surface area contributed by atoms with Gasteiger partial charge in [0.2, 0.25) is 0 Å². The second-order valence-electron chi connectivity index (χ2n) is 3.99. The molecular formula is C11H20NO-. The van der Waals surface area contributed by atoms with Crippen LogP contribution < -0.4 is 5.73 Å². The van der Waals surface area contributed by atoms with Crippen molar-refractivity contribution in [2.75, 3.05) is 0 Å². The van der Waals surface area contributed by atoms with Gasteiger partial charge in [-0.1, -0.05) is 18.9 Å². The minimum Gasteiger partial charge on any atom is -0.389 e. The quantitative estimate of drug-likeness (QED) is 0.504.